The molecule has 0 spiro atoms. The van der Waals surface area contributed by atoms with Crippen LogP contribution in [0.15, 0.2) is 28.9 Å². The Balaban J connectivity index is 1.62. The first-order valence-corrected chi connectivity index (χ1v) is 10.6. The van der Waals surface area contributed by atoms with Crippen molar-refractivity contribution in [1.29, 1.82) is 0 Å². The molecule has 1 heterocycles. The van der Waals surface area contributed by atoms with E-state index in [0.717, 1.165) is 5.56 Å². The summed E-state index contributed by atoms with van der Waals surface area (Å²) in [5.41, 5.74) is 4.46. The number of carbonyl (C=O) groups is 5. The monoisotopic (exact) mass is 451 g/mol. The SMILES string of the molecule is Cc1coc(-c2ccc(O)c3c2C[C@H]2C[C@H]4CC(=O)C(C(N)=O)C(=O)[C@@]4(O)C(=O)C2C3=O)c1. The Bertz CT molecular complexity index is 1270. The topological polar surface area (TPSA) is 165 Å². The molecule has 2 fully saturated rings. The van der Waals surface area contributed by atoms with Gasteiger partial charge in [0.25, 0.3) is 0 Å². The molecule has 0 bridgehead atoms. The minimum absolute atomic E-state index is 0.0489. The summed E-state index contributed by atoms with van der Waals surface area (Å²) in [6.07, 6.45) is 1.44. The Morgan fingerprint density at radius 3 is 2.52 bits per heavy atom. The second-order valence-electron chi connectivity index (χ2n) is 9.21. The number of nitrogens with two attached hydrogens (primary N) is 1. The fraction of sp³-hybridized carbons (Fsp3) is 0.375. The molecule has 5 atom stereocenters. The number of furan rings is 1. The van der Waals surface area contributed by atoms with Crippen LogP contribution in [0, 0.1) is 30.6 Å². The molecule has 2 aromatic rings. The summed E-state index contributed by atoms with van der Waals surface area (Å²) < 4.78 is 5.58. The first-order chi connectivity index (χ1) is 15.6. The lowest BCUT2D eigenvalue weighted by molar-refractivity contribution is -0.175. The van der Waals surface area contributed by atoms with Gasteiger partial charge in [0.1, 0.15) is 11.5 Å². The Hall–Kier alpha value is -3.59. The predicted molar refractivity (Wildman–Crippen MR) is 111 cm³/mol. The van der Waals surface area contributed by atoms with Crippen LogP contribution in [0.1, 0.15) is 34.3 Å². The maximum atomic E-state index is 13.5. The summed E-state index contributed by atoms with van der Waals surface area (Å²) >= 11 is 0. The molecule has 0 aliphatic heterocycles. The number of phenols is 1. The van der Waals surface area contributed by atoms with Crippen LogP contribution in [-0.4, -0.2) is 44.9 Å². The Morgan fingerprint density at radius 1 is 1.15 bits per heavy atom. The molecule has 5 rings (SSSR count). The largest absolute Gasteiger partial charge is 0.507 e. The zero-order chi connectivity index (χ0) is 23.8. The highest BCUT2D eigenvalue weighted by Crippen LogP contribution is 2.51. The van der Waals surface area contributed by atoms with Gasteiger partial charge in [0, 0.05) is 17.9 Å². The number of aliphatic hydroxyl groups is 1. The maximum Gasteiger partial charge on any atom is 0.235 e. The number of fused-ring (bicyclic) bond motifs is 3. The van der Waals surface area contributed by atoms with E-state index in [1.54, 1.807) is 18.4 Å². The van der Waals surface area contributed by atoms with E-state index in [0.29, 0.717) is 16.9 Å². The number of aryl methyl sites for hydroxylation is 1. The minimum Gasteiger partial charge on any atom is -0.507 e. The summed E-state index contributed by atoms with van der Waals surface area (Å²) in [4.78, 5) is 63.9. The molecule has 1 amide bonds. The molecular formula is C24H21NO8. The van der Waals surface area contributed by atoms with Crippen molar-refractivity contribution in [2.75, 3.05) is 0 Å². The zero-order valence-electron chi connectivity index (χ0n) is 17.7. The van der Waals surface area contributed by atoms with Crippen molar-refractivity contribution >= 4 is 29.0 Å². The van der Waals surface area contributed by atoms with Crippen molar-refractivity contribution in [2.45, 2.75) is 31.8 Å². The number of hydrogen-bond donors (Lipinski definition) is 3. The average Bonchev–Trinajstić information content (AvgIpc) is 3.16. The van der Waals surface area contributed by atoms with Gasteiger partial charge in [-0.1, -0.05) is 0 Å². The smallest absolute Gasteiger partial charge is 0.235 e. The average molecular weight is 451 g/mol. The first kappa shape index (κ1) is 21.3. The lowest BCUT2D eigenvalue weighted by Gasteiger charge is -2.48. The van der Waals surface area contributed by atoms with Gasteiger partial charge in [-0.05, 0) is 55.0 Å². The second-order valence-corrected chi connectivity index (χ2v) is 9.21. The van der Waals surface area contributed by atoms with Crippen LogP contribution in [0.25, 0.3) is 11.3 Å². The normalized spacial score (nSPS) is 31.1. The van der Waals surface area contributed by atoms with E-state index in [1.807, 2.05) is 6.92 Å². The second kappa shape index (κ2) is 6.95. The van der Waals surface area contributed by atoms with Crippen molar-refractivity contribution in [3.63, 3.8) is 0 Å². The van der Waals surface area contributed by atoms with Crippen LogP contribution in [0.2, 0.25) is 0 Å². The van der Waals surface area contributed by atoms with Crippen LogP contribution < -0.4 is 5.73 Å². The van der Waals surface area contributed by atoms with Gasteiger partial charge in [-0.3, -0.25) is 24.0 Å². The van der Waals surface area contributed by atoms with Gasteiger partial charge < -0.3 is 20.4 Å². The van der Waals surface area contributed by atoms with Gasteiger partial charge >= 0.3 is 0 Å². The van der Waals surface area contributed by atoms with E-state index in [9.17, 15) is 34.2 Å². The summed E-state index contributed by atoms with van der Waals surface area (Å²) in [5, 5.41) is 21.7. The fourth-order valence-corrected chi connectivity index (χ4v) is 5.77. The molecule has 170 valence electrons. The van der Waals surface area contributed by atoms with Crippen molar-refractivity contribution in [3.8, 4) is 17.1 Å². The van der Waals surface area contributed by atoms with E-state index in [4.69, 9.17) is 10.2 Å². The molecule has 3 aliphatic rings. The molecule has 0 saturated heterocycles. The van der Waals surface area contributed by atoms with Gasteiger partial charge in [-0.15, -0.1) is 0 Å². The lowest BCUT2D eigenvalue weighted by atomic mass is 9.53. The Morgan fingerprint density at radius 2 is 1.88 bits per heavy atom. The minimum atomic E-state index is -2.65. The molecule has 3 aliphatic carbocycles. The number of primary amides is 1. The van der Waals surface area contributed by atoms with Crippen LogP contribution in [0.5, 0.6) is 5.75 Å². The fourth-order valence-electron chi connectivity index (χ4n) is 5.77. The first-order valence-electron chi connectivity index (χ1n) is 10.6. The number of ketones is 4. The number of benzene rings is 1. The van der Waals surface area contributed by atoms with Gasteiger partial charge in [-0.25, -0.2) is 0 Å². The molecular weight excluding hydrogens is 430 g/mol. The lowest BCUT2D eigenvalue weighted by Crippen LogP contribution is -2.68. The third-order valence-corrected chi connectivity index (χ3v) is 7.28. The van der Waals surface area contributed by atoms with E-state index in [2.05, 4.69) is 0 Å². The third-order valence-electron chi connectivity index (χ3n) is 7.28. The Kier molecular flexibility index (Phi) is 4.48. The molecule has 0 radical (unpaired) electrons. The molecule has 2 unspecified atom stereocenters. The predicted octanol–water partition coefficient (Wildman–Crippen LogP) is 0.895. The summed E-state index contributed by atoms with van der Waals surface area (Å²) in [5.74, 6) is -9.74. The van der Waals surface area contributed by atoms with Gasteiger partial charge in [0.15, 0.2) is 34.7 Å². The van der Waals surface area contributed by atoms with E-state index < -0.39 is 58.3 Å². The Labute approximate surface area is 187 Å². The molecule has 1 aromatic heterocycles. The number of carbonyl (C=O) groups excluding carboxylic acids is 5. The third kappa shape index (κ3) is 2.78. The quantitative estimate of drug-likeness (QED) is 0.567. The molecule has 2 saturated carbocycles. The van der Waals surface area contributed by atoms with Gasteiger partial charge in [-0.2, -0.15) is 0 Å². The van der Waals surface area contributed by atoms with Crippen LogP contribution >= 0.6 is 0 Å². The number of aromatic hydroxyl groups is 1. The molecule has 33 heavy (non-hydrogen) atoms. The molecule has 4 N–H and O–H groups in total. The van der Waals surface area contributed by atoms with Crippen LogP contribution in [0.3, 0.4) is 0 Å². The molecule has 9 heteroatoms. The summed E-state index contributed by atoms with van der Waals surface area (Å²) in [7, 11) is 0. The number of amides is 1. The number of phenolic OH excluding ortho intramolecular Hbond substituents is 1. The number of hydrogen-bond acceptors (Lipinski definition) is 8. The summed E-state index contributed by atoms with van der Waals surface area (Å²) in [6.45, 7) is 1.85. The number of rotatable bonds is 2. The van der Waals surface area contributed by atoms with Crippen LogP contribution in [0.4, 0.5) is 0 Å². The standard InChI is InChI=1S/C24H21NO8/c1-9-4-16(33-8-9)12-2-3-14(26)18-13(12)6-10-5-11-7-15(27)19(23(25)31)22(30)24(11,32)21(29)17(10)20(18)28/h2-4,8,10-11,17,19,26,32H,5-7H2,1H3,(H2,25,31)/t10-,11+,17?,19?,24+/m1/s1. The van der Waals surface area contributed by atoms with Crippen molar-refractivity contribution < 1.29 is 38.6 Å². The number of Topliss-reactive ketones (excluding diaryl/α,β-unsaturated/α-hetero) is 4. The highest BCUT2D eigenvalue weighted by atomic mass is 16.3. The van der Waals surface area contributed by atoms with Gasteiger partial charge in [0.2, 0.25) is 5.91 Å². The van der Waals surface area contributed by atoms with Gasteiger partial charge in [0.05, 0.1) is 17.7 Å². The highest BCUT2D eigenvalue weighted by molar-refractivity contribution is 6.31. The maximum absolute atomic E-state index is 13.5. The van der Waals surface area contributed by atoms with Crippen LogP contribution in [-0.2, 0) is 25.6 Å². The molecule has 9 nitrogen and oxygen atoms in total. The van der Waals surface area contributed by atoms with Crippen molar-refractivity contribution in [1.82, 2.24) is 0 Å². The zero-order valence-corrected chi connectivity index (χ0v) is 17.7. The summed E-state index contributed by atoms with van der Waals surface area (Å²) in [6, 6.07) is 4.76. The van der Waals surface area contributed by atoms with E-state index >= 15 is 0 Å². The highest BCUT2D eigenvalue weighted by Gasteiger charge is 2.66. The van der Waals surface area contributed by atoms with E-state index in [-0.39, 0.29) is 30.6 Å². The van der Waals surface area contributed by atoms with Crippen molar-refractivity contribution in [3.05, 3.63) is 41.2 Å². The van der Waals surface area contributed by atoms with Crippen molar-refractivity contribution in [2.24, 2.45) is 29.4 Å². The molecule has 1 aromatic carbocycles. The van der Waals surface area contributed by atoms with E-state index in [1.165, 1.54) is 6.07 Å².